The summed E-state index contributed by atoms with van der Waals surface area (Å²) in [7, 11) is 0. The van der Waals surface area contributed by atoms with Crippen LogP contribution in [-0.2, 0) is 6.18 Å². The Balaban J connectivity index is 1.79. The summed E-state index contributed by atoms with van der Waals surface area (Å²) in [4.78, 5) is 29.9. The van der Waals surface area contributed by atoms with Crippen LogP contribution in [0.1, 0.15) is 35.2 Å². The molecule has 7 nitrogen and oxygen atoms in total. The maximum Gasteiger partial charge on any atom is 0.416 e. The second kappa shape index (κ2) is 8.54. The number of amides is 1. The first kappa shape index (κ1) is 21.7. The number of hydrogen-bond donors (Lipinski definition) is 2. The Hall–Kier alpha value is -3.53. The van der Waals surface area contributed by atoms with E-state index >= 15 is 0 Å². The van der Waals surface area contributed by atoms with Crippen molar-refractivity contribution in [3.63, 3.8) is 0 Å². The lowest BCUT2D eigenvalue weighted by atomic mass is 10.1. The van der Waals surface area contributed by atoms with Gasteiger partial charge in [-0.2, -0.15) is 23.0 Å². The summed E-state index contributed by atoms with van der Waals surface area (Å²) < 4.78 is 39.7. The maximum atomic E-state index is 13.0. The average Bonchev–Trinajstić information content (AvgIpc) is 3.18. The molecule has 2 heterocycles. The monoisotopic (exact) mass is 444 g/mol. The molecule has 0 spiro atoms. The van der Waals surface area contributed by atoms with E-state index in [0.717, 1.165) is 23.2 Å². The summed E-state index contributed by atoms with van der Waals surface area (Å²) in [6, 6.07) is 8.20. The molecule has 0 bridgehead atoms. The first-order valence-electron chi connectivity index (χ1n) is 9.95. The van der Waals surface area contributed by atoms with Gasteiger partial charge in [0.25, 0.3) is 11.5 Å². The molecule has 4 rings (SSSR count). The fraction of sp³-hybridized carbons (Fsp3) is 0.273. The lowest BCUT2D eigenvalue weighted by Crippen LogP contribution is -2.42. The standard InChI is InChI=1S/C22H19F3N4O3/c23-22(24,25)14-8-6-13(7-9-14)18-11-16(20(31)27-17-4-1-5-19(17)30)21(32)29(28-18)15-3-2-10-26-12-15/h2-3,6-12,17,19,30H,1,4-5H2,(H,27,31)/t17-,19-/m0/s1. The first-order chi connectivity index (χ1) is 15.2. The van der Waals surface area contributed by atoms with Gasteiger partial charge in [0.15, 0.2) is 0 Å². The molecule has 2 atom stereocenters. The summed E-state index contributed by atoms with van der Waals surface area (Å²) in [5.74, 6) is -0.686. The highest BCUT2D eigenvalue weighted by Gasteiger charge is 2.31. The Morgan fingerprint density at radius 1 is 1.16 bits per heavy atom. The maximum absolute atomic E-state index is 13.0. The zero-order valence-corrected chi connectivity index (χ0v) is 16.7. The summed E-state index contributed by atoms with van der Waals surface area (Å²) in [5.41, 5.74) is -1.04. The fourth-order valence-corrected chi connectivity index (χ4v) is 3.64. The number of nitrogens with one attached hydrogen (secondary N) is 1. The van der Waals surface area contributed by atoms with Crippen LogP contribution in [0.25, 0.3) is 16.9 Å². The lowest BCUT2D eigenvalue weighted by Gasteiger charge is -2.17. The first-order valence-corrected chi connectivity index (χ1v) is 9.95. The van der Waals surface area contributed by atoms with Gasteiger partial charge in [0, 0.05) is 11.8 Å². The number of aromatic nitrogens is 3. The predicted molar refractivity (Wildman–Crippen MR) is 109 cm³/mol. The van der Waals surface area contributed by atoms with Crippen LogP contribution in [0.4, 0.5) is 13.2 Å². The number of benzene rings is 1. The molecule has 2 N–H and O–H groups in total. The van der Waals surface area contributed by atoms with Gasteiger partial charge < -0.3 is 10.4 Å². The summed E-state index contributed by atoms with van der Waals surface area (Å²) in [5, 5.41) is 16.9. The van der Waals surface area contributed by atoms with Gasteiger partial charge in [-0.05, 0) is 49.6 Å². The van der Waals surface area contributed by atoms with Gasteiger partial charge in [-0.1, -0.05) is 12.1 Å². The largest absolute Gasteiger partial charge is 0.416 e. The Morgan fingerprint density at radius 3 is 2.50 bits per heavy atom. The van der Waals surface area contributed by atoms with E-state index in [1.54, 1.807) is 12.1 Å². The fourth-order valence-electron chi connectivity index (χ4n) is 3.64. The number of aliphatic hydroxyl groups is 1. The minimum absolute atomic E-state index is 0.138. The SMILES string of the molecule is O=C(N[C@H]1CCC[C@@H]1O)c1cc(-c2ccc(C(F)(F)F)cc2)nn(-c2cccnc2)c1=O. The summed E-state index contributed by atoms with van der Waals surface area (Å²) in [6.07, 6.45) is -0.419. The van der Waals surface area contributed by atoms with Crippen LogP contribution in [0.3, 0.4) is 0 Å². The molecule has 10 heteroatoms. The van der Waals surface area contributed by atoms with Gasteiger partial charge in [-0.15, -0.1) is 0 Å². The van der Waals surface area contributed by atoms with Crippen molar-refractivity contribution >= 4 is 5.91 Å². The third-order valence-electron chi connectivity index (χ3n) is 5.35. The molecule has 32 heavy (non-hydrogen) atoms. The van der Waals surface area contributed by atoms with E-state index in [2.05, 4.69) is 15.4 Å². The zero-order chi connectivity index (χ0) is 22.9. The highest BCUT2D eigenvalue weighted by atomic mass is 19.4. The number of hydrogen-bond acceptors (Lipinski definition) is 5. The van der Waals surface area contributed by atoms with E-state index in [0.29, 0.717) is 24.1 Å². The van der Waals surface area contributed by atoms with Crippen molar-refractivity contribution in [2.45, 2.75) is 37.6 Å². The molecular weight excluding hydrogens is 425 g/mol. The molecule has 1 fully saturated rings. The second-order valence-corrected chi connectivity index (χ2v) is 7.52. The van der Waals surface area contributed by atoms with Gasteiger partial charge in [-0.25, -0.2) is 0 Å². The van der Waals surface area contributed by atoms with Gasteiger partial charge in [0.05, 0.1) is 35.3 Å². The minimum Gasteiger partial charge on any atom is -0.391 e. The molecule has 0 saturated heterocycles. The number of carbonyl (C=O) groups excluding carboxylic acids is 1. The molecule has 1 aliphatic carbocycles. The van der Waals surface area contributed by atoms with Crippen LogP contribution in [0, 0.1) is 0 Å². The summed E-state index contributed by atoms with van der Waals surface area (Å²) >= 11 is 0. The number of rotatable bonds is 4. The van der Waals surface area contributed by atoms with E-state index in [-0.39, 0.29) is 11.3 Å². The van der Waals surface area contributed by atoms with Crippen molar-refractivity contribution in [3.05, 3.63) is 76.3 Å². The number of nitrogens with zero attached hydrogens (tertiary/aromatic N) is 3. The van der Waals surface area contributed by atoms with Gasteiger partial charge in [0.1, 0.15) is 5.56 Å². The Bertz CT molecular complexity index is 1180. The van der Waals surface area contributed by atoms with E-state index < -0.39 is 35.4 Å². The third-order valence-corrected chi connectivity index (χ3v) is 5.35. The van der Waals surface area contributed by atoms with Crippen molar-refractivity contribution in [3.8, 4) is 16.9 Å². The molecule has 2 aromatic heterocycles. The van der Waals surface area contributed by atoms with Crippen LogP contribution in [0.5, 0.6) is 0 Å². The lowest BCUT2D eigenvalue weighted by molar-refractivity contribution is -0.137. The van der Waals surface area contributed by atoms with Crippen LogP contribution in [-0.4, -0.2) is 37.9 Å². The molecule has 0 aliphatic heterocycles. The highest BCUT2D eigenvalue weighted by Crippen LogP contribution is 2.30. The van der Waals surface area contributed by atoms with Crippen molar-refractivity contribution in [2.24, 2.45) is 0 Å². The zero-order valence-electron chi connectivity index (χ0n) is 16.7. The van der Waals surface area contributed by atoms with Crippen molar-refractivity contribution in [1.29, 1.82) is 0 Å². The van der Waals surface area contributed by atoms with Crippen molar-refractivity contribution < 1.29 is 23.1 Å². The van der Waals surface area contributed by atoms with E-state index in [1.807, 2.05) is 0 Å². The average molecular weight is 444 g/mol. The van der Waals surface area contributed by atoms with Crippen LogP contribution >= 0.6 is 0 Å². The molecule has 166 valence electrons. The van der Waals surface area contributed by atoms with Crippen LogP contribution in [0.15, 0.2) is 59.7 Å². The summed E-state index contributed by atoms with van der Waals surface area (Å²) in [6.45, 7) is 0. The van der Waals surface area contributed by atoms with E-state index in [1.165, 1.54) is 30.6 Å². The van der Waals surface area contributed by atoms with Crippen molar-refractivity contribution in [1.82, 2.24) is 20.1 Å². The van der Waals surface area contributed by atoms with Crippen molar-refractivity contribution in [2.75, 3.05) is 0 Å². The number of aliphatic hydroxyl groups excluding tert-OH is 1. The van der Waals surface area contributed by atoms with Crippen LogP contribution in [0.2, 0.25) is 0 Å². The molecule has 1 saturated carbocycles. The van der Waals surface area contributed by atoms with Crippen LogP contribution < -0.4 is 10.9 Å². The molecule has 1 aromatic carbocycles. The quantitative estimate of drug-likeness (QED) is 0.645. The smallest absolute Gasteiger partial charge is 0.391 e. The number of alkyl halides is 3. The molecule has 1 aliphatic rings. The predicted octanol–water partition coefficient (Wildman–Crippen LogP) is 2.96. The van der Waals surface area contributed by atoms with Gasteiger partial charge in [0.2, 0.25) is 0 Å². The van der Waals surface area contributed by atoms with Gasteiger partial charge >= 0.3 is 6.18 Å². The molecule has 3 aromatic rings. The normalized spacial score (nSPS) is 18.5. The minimum atomic E-state index is -4.49. The molecular formula is C22H19F3N4O3. The Kier molecular flexibility index (Phi) is 5.79. The highest BCUT2D eigenvalue weighted by molar-refractivity contribution is 5.95. The topological polar surface area (TPSA) is 97.1 Å². The Labute approximate surface area is 180 Å². The van der Waals surface area contributed by atoms with Gasteiger partial charge in [-0.3, -0.25) is 14.6 Å². The number of pyridine rings is 1. The number of halogens is 3. The molecule has 0 unspecified atom stereocenters. The second-order valence-electron chi connectivity index (χ2n) is 7.52. The Morgan fingerprint density at radius 2 is 1.91 bits per heavy atom. The molecule has 0 radical (unpaired) electrons. The van der Waals surface area contributed by atoms with E-state index in [9.17, 15) is 27.9 Å². The third kappa shape index (κ3) is 4.40. The number of carbonyl (C=O) groups is 1. The van der Waals surface area contributed by atoms with E-state index in [4.69, 9.17) is 0 Å². The molecule has 1 amide bonds.